The SMILES string of the molecule is CN(CCCCCO)C(=O)c1cc2sccc2s1. The van der Waals surface area contributed by atoms with Crippen LogP contribution < -0.4 is 0 Å². The van der Waals surface area contributed by atoms with Crippen LogP contribution in [0.1, 0.15) is 28.9 Å². The summed E-state index contributed by atoms with van der Waals surface area (Å²) in [6, 6.07) is 4.04. The molecule has 2 rings (SSSR count). The molecule has 0 saturated carbocycles. The fourth-order valence-electron chi connectivity index (χ4n) is 1.80. The second-order valence-electron chi connectivity index (χ2n) is 4.27. The number of aliphatic hydroxyl groups is 1. The fourth-order valence-corrected chi connectivity index (χ4v) is 3.90. The number of hydrogen-bond donors (Lipinski definition) is 1. The minimum atomic E-state index is 0.104. The summed E-state index contributed by atoms with van der Waals surface area (Å²) in [6.07, 6.45) is 2.73. The maximum Gasteiger partial charge on any atom is 0.263 e. The molecule has 1 N–H and O–H groups in total. The molecular formula is C13H17NO2S2. The molecule has 0 unspecified atom stereocenters. The summed E-state index contributed by atoms with van der Waals surface area (Å²) in [4.78, 5) is 14.8. The number of aliphatic hydroxyl groups excluding tert-OH is 1. The minimum absolute atomic E-state index is 0.104. The van der Waals surface area contributed by atoms with Gasteiger partial charge in [0.2, 0.25) is 0 Å². The van der Waals surface area contributed by atoms with Crippen molar-refractivity contribution in [1.82, 2.24) is 4.90 Å². The standard InChI is InChI=1S/C13H17NO2S2/c1-14(6-3-2-4-7-15)13(16)12-9-11-10(18-12)5-8-17-11/h5,8-9,15H,2-4,6-7H2,1H3. The first kappa shape index (κ1) is 13.5. The maximum absolute atomic E-state index is 12.2. The molecule has 18 heavy (non-hydrogen) atoms. The zero-order chi connectivity index (χ0) is 13.0. The summed E-state index contributed by atoms with van der Waals surface area (Å²) in [5, 5.41) is 10.7. The summed E-state index contributed by atoms with van der Waals surface area (Å²) in [6.45, 7) is 0.989. The van der Waals surface area contributed by atoms with Crippen LogP contribution in [0.25, 0.3) is 9.40 Å². The van der Waals surface area contributed by atoms with E-state index in [4.69, 9.17) is 5.11 Å². The predicted octanol–water partition coefficient (Wildman–Crippen LogP) is 3.20. The van der Waals surface area contributed by atoms with E-state index in [1.807, 2.05) is 18.5 Å². The Morgan fingerprint density at radius 3 is 2.89 bits per heavy atom. The third-order valence-electron chi connectivity index (χ3n) is 2.85. The van der Waals surface area contributed by atoms with Crippen LogP contribution in [0.2, 0.25) is 0 Å². The van der Waals surface area contributed by atoms with Gasteiger partial charge in [0.05, 0.1) is 4.88 Å². The van der Waals surface area contributed by atoms with Gasteiger partial charge in [-0.2, -0.15) is 0 Å². The molecule has 98 valence electrons. The quantitative estimate of drug-likeness (QED) is 0.827. The fraction of sp³-hybridized carbons (Fsp3) is 0.462. The summed E-state index contributed by atoms with van der Waals surface area (Å²) in [5.41, 5.74) is 0. The molecule has 0 saturated heterocycles. The molecule has 0 aliphatic carbocycles. The van der Waals surface area contributed by atoms with E-state index in [1.165, 1.54) is 9.40 Å². The Morgan fingerprint density at radius 1 is 1.33 bits per heavy atom. The van der Waals surface area contributed by atoms with Crippen LogP contribution in [0, 0.1) is 0 Å². The molecule has 0 atom stereocenters. The van der Waals surface area contributed by atoms with Crippen LogP contribution in [-0.4, -0.2) is 36.1 Å². The van der Waals surface area contributed by atoms with Gasteiger partial charge in [-0.1, -0.05) is 0 Å². The smallest absolute Gasteiger partial charge is 0.263 e. The van der Waals surface area contributed by atoms with Crippen LogP contribution in [0.4, 0.5) is 0 Å². The van der Waals surface area contributed by atoms with E-state index in [9.17, 15) is 4.79 Å². The van der Waals surface area contributed by atoms with E-state index in [0.29, 0.717) is 0 Å². The number of unbranched alkanes of at least 4 members (excludes halogenated alkanes) is 2. The lowest BCUT2D eigenvalue weighted by atomic mass is 10.2. The second kappa shape index (κ2) is 6.31. The van der Waals surface area contributed by atoms with Crippen molar-refractivity contribution >= 4 is 38.0 Å². The van der Waals surface area contributed by atoms with Crippen molar-refractivity contribution < 1.29 is 9.90 Å². The van der Waals surface area contributed by atoms with Gasteiger partial charge in [0, 0.05) is 29.6 Å². The Hall–Kier alpha value is -0.910. The lowest BCUT2D eigenvalue weighted by molar-refractivity contribution is 0.0797. The van der Waals surface area contributed by atoms with E-state index in [2.05, 4.69) is 6.07 Å². The predicted molar refractivity (Wildman–Crippen MR) is 77.6 cm³/mol. The van der Waals surface area contributed by atoms with E-state index in [-0.39, 0.29) is 12.5 Å². The third kappa shape index (κ3) is 3.10. The molecule has 1 amide bonds. The number of thiophene rings is 2. The number of nitrogens with zero attached hydrogens (tertiary/aromatic N) is 1. The molecular weight excluding hydrogens is 266 g/mol. The number of fused-ring (bicyclic) bond motifs is 1. The van der Waals surface area contributed by atoms with Crippen LogP contribution >= 0.6 is 22.7 Å². The van der Waals surface area contributed by atoms with E-state index < -0.39 is 0 Å². The number of rotatable bonds is 6. The zero-order valence-corrected chi connectivity index (χ0v) is 12.0. The minimum Gasteiger partial charge on any atom is -0.396 e. The molecule has 0 bridgehead atoms. The van der Waals surface area contributed by atoms with Crippen molar-refractivity contribution in [3.05, 3.63) is 22.4 Å². The van der Waals surface area contributed by atoms with Crippen LogP contribution in [0.5, 0.6) is 0 Å². The summed E-state index contributed by atoms with van der Waals surface area (Å²) >= 11 is 3.24. The number of carbonyl (C=O) groups excluding carboxylic acids is 1. The molecule has 0 aliphatic heterocycles. The van der Waals surface area contributed by atoms with Crippen LogP contribution in [0.15, 0.2) is 17.5 Å². The largest absolute Gasteiger partial charge is 0.396 e. The lowest BCUT2D eigenvalue weighted by Crippen LogP contribution is -2.27. The molecule has 5 heteroatoms. The summed E-state index contributed by atoms with van der Waals surface area (Å²) < 4.78 is 2.38. The highest BCUT2D eigenvalue weighted by atomic mass is 32.1. The van der Waals surface area contributed by atoms with Crippen molar-refractivity contribution in [2.45, 2.75) is 19.3 Å². The Bertz CT molecular complexity index is 489. The Kier molecular flexibility index (Phi) is 4.74. The number of hydrogen-bond acceptors (Lipinski definition) is 4. The van der Waals surface area contributed by atoms with Crippen molar-refractivity contribution in [2.75, 3.05) is 20.2 Å². The van der Waals surface area contributed by atoms with E-state index in [1.54, 1.807) is 27.6 Å². The molecule has 0 aliphatic rings. The highest BCUT2D eigenvalue weighted by Gasteiger charge is 2.14. The summed E-state index contributed by atoms with van der Waals surface area (Å²) in [5.74, 6) is 0.104. The lowest BCUT2D eigenvalue weighted by Gasteiger charge is -2.15. The van der Waals surface area contributed by atoms with Gasteiger partial charge in [0.25, 0.3) is 5.91 Å². The van der Waals surface area contributed by atoms with E-state index in [0.717, 1.165) is 30.7 Å². The topological polar surface area (TPSA) is 40.5 Å². The van der Waals surface area contributed by atoms with Gasteiger partial charge in [-0.3, -0.25) is 4.79 Å². The number of amides is 1. The Balaban J connectivity index is 1.92. The van der Waals surface area contributed by atoms with Gasteiger partial charge in [-0.15, -0.1) is 22.7 Å². The maximum atomic E-state index is 12.2. The zero-order valence-electron chi connectivity index (χ0n) is 10.4. The van der Waals surface area contributed by atoms with Crippen molar-refractivity contribution in [3.8, 4) is 0 Å². The normalized spacial score (nSPS) is 11.0. The van der Waals surface area contributed by atoms with Crippen LogP contribution in [0.3, 0.4) is 0 Å². The van der Waals surface area contributed by atoms with Gasteiger partial charge in [-0.05, 0) is 36.8 Å². The first-order valence-corrected chi connectivity index (χ1v) is 7.75. The van der Waals surface area contributed by atoms with Crippen molar-refractivity contribution in [2.24, 2.45) is 0 Å². The Morgan fingerprint density at radius 2 is 2.17 bits per heavy atom. The van der Waals surface area contributed by atoms with Gasteiger partial charge in [-0.25, -0.2) is 0 Å². The monoisotopic (exact) mass is 283 g/mol. The molecule has 0 aromatic carbocycles. The van der Waals surface area contributed by atoms with Gasteiger partial charge < -0.3 is 10.0 Å². The molecule has 0 spiro atoms. The Labute approximate surface area is 115 Å². The molecule has 0 fully saturated rings. The highest BCUT2D eigenvalue weighted by molar-refractivity contribution is 7.27. The van der Waals surface area contributed by atoms with Gasteiger partial charge in [0.15, 0.2) is 0 Å². The first-order chi connectivity index (χ1) is 8.72. The third-order valence-corrected chi connectivity index (χ3v) is 4.93. The summed E-state index contributed by atoms with van der Waals surface area (Å²) in [7, 11) is 1.84. The molecule has 2 aromatic heterocycles. The van der Waals surface area contributed by atoms with Gasteiger partial charge >= 0.3 is 0 Å². The molecule has 0 radical (unpaired) electrons. The van der Waals surface area contributed by atoms with Gasteiger partial charge in [0.1, 0.15) is 0 Å². The molecule has 2 heterocycles. The average Bonchev–Trinajstić information content (AvgIpc) is 2.94. The van der Waals surface area contributed by atoms with Crippen LogP contribution in [-0.2, 0) is 0 Å². The van der Waals surface area contributed by atoms with E-state index >= 15 is 0 Å². The second-order valence-corrected chi connectivity index (χ2v) is 6.30. The first-order valence-electron chi connectivity index (χ1n) is 6.05. The van der Waals surface area contributed by atoms with Crippen molar-refractivity contribution in [1.29, 1.82) is 0 Å². The molecule has 3 nitrogen and oxygen atoms in total. The molecule has 2 aromatic rings. The average molecular weight is 283 g/mol. The number of carbonyl (C=O) groups is 1. The van der Waals surface area contributed by atoms with Crippen molar-refractivity contribution in [3.63, 3.8) is 0 Å². The highest BCUT2D eigenvalue weighted by Crippen LogP contribution is 2.30.